The fraction of sp³-hybridized carbons (Fsp3) is 0.320. The van der Waals surface area contributed by atoms with Crippen LogP contribution in [0.3, 0.4) is 0 Å². The Hall–Kier alpha value is -2.30. The Morgan fingerprint density at radius 3 is 2.30 bits per heavy atom. The van der Waals surface area contributed by atoms with Gasteiger partial charge in [-0.25, -0.2) is 0 Å². The summed E-state index contributed by atoms with van der Waals surface area (Å²) in [4.78, 5) is 0. The van der Waals surface area contributed by atoms with Crippen molar-refractivity contribution in [3.05, 3.63) is 81.9 Å². The minimum absolute atomic E-state index is 0.712. The van der Waals surface area contributed by atoms with E-state index in [0.29, 0.717) is 5.56 Å². The Kier molecular flexibility index (Phi) is 10.2. The predicted molar refractivity (Wildman–Crippen MR) is 120 cm³/mol. The van der Waals surface area contributed by atoms with Crippen LogP contribution in [0.4, 0.5) is 0 Å². The summed E-state index contributed by atoms with van der Waals surface area (Å²) in [6.07, 6.45) is 7.86. The molecule has 0 saturated heterocycles. The Bertz CT molecular complexity index is 836. The Labute approximate surface area is 170 Å². The van der Waals surface area contributed by atoms with E-state index in [1.807, 2.05) is 37.3 Å². The number of nitrogens with zero attached hydrogens (tertiary/aromatic N) is 1. The number of benzene rings is 2. The van der Waals surface area contributed by atoms with Crippen LogP contribution in [-0.2, 0) is 0 Å². The minimum Gasteiger partial charge on any atom is -0.192 e. The summed E-state index contributed by atoms with van der Waals surface area (Å²) < 4.78 is 0. The first-order valence-corrected chi connectivity index (χ1v) is 10.0. The third kappa shape index (κ3) is 7.08. The normalized spacial score (nSPS) is 11.4. The molecular formula is C25H30ClN. The van der Waals surface area contributed by atoms with Gasteiger partial charge in [0.2, 0.25) is 0 Å². The van der Waals surface area contributed by atoms with Gasteiger partial charge in [0, 0.05) is 5.02 Å². The van der Waals surface area contributed by atoms with Crippen molar-refractivity contribution in [3.63, 3.8) is 0 Å². The largest absolute Gasteiger partial charge is 0.192 e. The molecule has 0 fully saturated rings. The molecule has 27 heavy (non-hydrogen) atoms. The molecule has 0 aliphatic carbocycles. The van der Waals surface area contributed by atoms with Crippen molar-refractivity contribution in [1.82, 2.24) is 0 Å². The molecule has 0 spiro atoms. The van der Waals surface area contributed by atoms with Crippen LogP contribution in [0.25, 0.3) is 11.1 Å². The van der Waals surface area contributed by atoms with E-state index in [1.54, 1.807) is 0 Å². The van der Waals surface area contributed by atoms with Crippen molar-refractivity contribution in [1.29, 1.82) is 5.26 Å². The van der Waals surface area contributed by atoms with Gasteiger partial charge in [0.1, 0.15) is 0 Å². The maximum absolute atomic E-state index is 9.29. The van der Waals surface area contributed by atoms with Gasteiger partial charge in [-0.3, -0.25) is 0 Å². The molecule has 0 unspecified atom stereocenters. The molecule has 0 amide bonds. The molecule has 0 aromatic heterocycles. The smallest absolute Gasteiger partial charge is 0.0994 e. The van der Waals surface area contributed by atoms with Gasteiger partial charge in [-0.05, 0) is 66.3 Å². The topological polar surface area (TPSA) is 23.8 Å². The first-order valence-electron chi connectivity index (χ1n) is 9.62. The zero-order chi connectivity index (χ0) is 20.2. The summed E-state index contributed by atoms with van der Waals surface area (Å²) in [6, 6.07) is 16.1. The van der Waals surface area contributed by atoms with Gasteiger partial charge in [0.05, 0.1) is 11.6 Å². The average molecular weight is 380 g/mol. The van der Waals surface area contributed by atoms with Gasteiger partial charge >= 0.3 is 0 Å². The zero-order valence-corrected chi connectivity index (χ0v) is 17.9. The van der Waals surface area contributed by atoms with E-state index in [-0.39, 0.29) is 0 Å². The maximum Gasteiger partial charge on any atom is 0.0994 e. The van der Waals surface area contributed by atoms with E-state index in [9.17, 15) is 5.26 Å². The number of rotatable bonds is 5. The molecule has 0 aliphatic rings. The summed E-state index contributed by atoms with van der Waals surface area (Å²) >= 11 is 6.13. The highest BCUT2D eigenvalue weighted by Crippen LogP contribution is 2.29. The maximum atomic E-state index is 9.29. The second-order valence-corrected chi connectivity index (χ2v) is 6.94. The Balaban J connectivity index is 0.000000828. The van der Waals surface area contributed by atoms with Gasteiger partial charge in [0.25, 0.3) is 0 Å². The van der Waals surface area contributed by atoms with E-state index < -0.39 is 0 Å². The zero-order valence-electron chi connectivity index (χ0n) is 17.1. The van der Waals surface area contributed by atoms with E-state index in [4.69, 9.17) is 11.6 Å². The minimum atomic E-state index is 0.712. The molecule has 0 saturated carbocycles. The summed E-state index contributed by atoms with van der Waals surface area (Å²) in [5, 5.41) is 10.0. The van der Waals surface area contributed by atoms with Crippen molar-refractivity contribution in [2.24, 2.45) is 0 Å². The fourth-order valence-corrected chi connectivity index (χ4v) is 2.65. The standard InChI is InChI=1S/C21H20ClN.C4H10/c1-4-5-9-21(16(3)17-7-6-8-20(22)13-17)18-11-10-15(2)19(12-18)14-23;1-3-4-2/h5-13H,4H2,1-3H3;3-4H2,1-2H3/b9-5-,21-16-;. The molecule has 1 nitrogen and oxygen atoms in total. The van der Waals surface area contributed by atoms with Crippen LogP contribution in [0, 0.1) is 18.3 Å². The summed E-state index contributed by atoms with van der Waals surface area (Å²) in [7, 11) is 0. The number of aryl methyl sites for hydroxylation is 1. The van der Waals surface area contributed by atoms with Crippen molar-refractivity contribution in [2.75, 3.05) is 0 Å². The van der Waals surface area contributed by atoms with E-state index in [2.05, 4.69) is 58.0 Å². The highest BCUT2D eigenvalue weighted by Gasteiger charge is 2.08. The average Bonchev–Trinajstić information content (AvgIpc) is 2.69. The number of allylic oxidation sites excluding steroid dienone is 4. The molecule has 0 N–H and O–H groups in total. The van der Waals surface area contributed by atoms with Crippen LogP contribution >= 0.6 is 11.6 Å². The van der Waals surface area contributed by atoms with Crippen LogP contribution in [0.5, 0.6) is 0 Å². The van der Waals surface area contributed by atoms with Crippen LogP contribution in [-0.4, -0.2) is 0 Å². The predicted octanol–water partition coefficient (Wildman–Crippen LogP) is 8.22. The second kappa shape index (κ2) is 12.2. The molecule has 0 radical (unpaired) electrons. The van der Waals surface area contributed by atoms with Crippen LogP contribution in [0.15, 0.2) is 54.6 Å². The molecule has 0 heterocycles. The lowest BCUT2D eigenvalue weighted by Gasteiger charge is -2.11. The number of unbranched alkanes of at least 4 members (excludes halogenated alkanes) is 1. The Morgan fingerprint density at radius 1 is 1.04 bits per heavy atom. The molecule has 0 atom stereocenters. The first-order chi connectivity index (χ1) is 13.0. The van der Waals surface area contributed by atoms with Crippen molar-refractivity contribution < 1.29 is 0 Å². The summed E-state index contributed by atoms with van der Waals surface area (Å²) in [5.74, 6) is 0. The van der Waals surface area contributed by atoms with Gasteiger partial charge in [-0.15, -0.1) is 0 Å². The van der Waals surface area contributed by atoms with E-state index in [0.717, 1.165) is 39.3 Å². The summed E-state index contributed by atoms with van der Waals surface area (Å²) in [6.45, 7) is 10.5. The summed E-state index contributed by atoms with van der Waals surface area (Å²) in [5.41, 5.74) is 6.11. The van der Waals surface area contributed by atoms with Crippen LogP contribution in [0.2, 0.25) is 5.02 Å². The monoisotopic (exact) mass is 379 g/mol. The van der Waals surface area contributed by atoms with Crippen molar-refractivity contribution >= 4 is 22.7 Å². The number of hydrogen-bond acceptors (Lipinski definition) is 1. The van der Waals surface area contributed by atoms with Crippen molar-refractivity contribution in [3.8, 4) is 6.07 Å². The van der Waals surface area contributed by atoms with Crippen LogP contribution < -0.4 is 0 Å². The van der Waals surface area contributed by atoms with Gasteiger partial charge in [-0.1, -0.05) is 81.6 Å². The Morgan fingerprint density at radius 2 is 1.74 bits per heavy atom. The highest BCUT2D eigenvalue weighted by molar-refractivity contribution is 6.30. The molecule has 2 heteroatoms. The van der Waals surface area contributed by atoms with E-state index >= 15 is 0 Å². The van der Waals surface area contributed by atoms with Gasteiger partial charge < -0.3 is 0 Å². The molecule has 0 bridgehead atoms. The molecular weight excluding hydrogens is 350 g/mol. The lowest BCUT2D eigenvalue weighted by atomic mass is 9.93. The quantitative estimate of drug-likeness (QED) is 0.379. The lowest BCUT2D eigenvalue weighted by Crippen LogP contribution is -1.91. The van der Waals surface area contributed by atoms with E-state index in [1.165, 1.54) is 12.8 Å². The van der Waals surface area contributed by atoms with Crippen LogP contribution in [0.1, 0.15) is 69.2 Å². The number of hydrogen-bond donors (Lipinski definition) is 0. The first kappa shape index (κ1) is 22.7. The highest BCUT2D eigenvalue weighted by atomic mass is 35.5. The third-order valence-corrected chi connectivity index (χ3v) is 4.59. The van der Waals surface area contributed by atoms with Gasteiger partial charge in [-0.2, -0.15) is 5.26 Å². The lowest BCUT2D eigenvalue weighted by molar-refractivity contribution is 0.886. The SMILES string of the molecule is CC/C=C\C(=C(/C)c1cccc(Cl)c1)c1ccc(C)c(C#N)c1.CCCC. The van der Waals surface area contributed by atoms with Crippen molar-refractivity contribution in [2.45, 2.75) is 53.9 Å². The molecule has 2 aromatic rings. The fourth-order valence-electron chi connectivity index (χ4n) is 2.46. The number of nitriles is 1. The third-order valence-electron chi connectivity index (χ3n) is 4.35. The molecule has 2 rings (SSSR count). The number of halogens is 1. The molecule has 2 aromatic carbocycles. The molecule has 142 valence electrons. The second-order valence-electron chi connectivity index (χ2n) is 6.50. The molecule has 0 aliphatic heterocycles. The van der Waals surface area contributed by atoms with Gasteiger partial charge in [0.15, 0.2) is 0 Å².